The second kappa shape index (κ2) is 2.57. The lowest BCUT2D eigenvalue weighted by molar-refractivity contribution is 0.538. The molecule has 1 fully saturated rings. The second-order valence-corrected chi connectivity index (χ2v) is 3.48. The van der Waals surface area contributed by atoms with Crippen molar-refractivity contribution in [2.24, 2.45) is 0 Å². The largest absolute Gasteiger partial charge is 0.341 e. The van der Waals surface area contributed by atoms with Crippen molar-refractivity contribution in [2.45, 2.75) is 6.54 Å². The van der Waals surface area contributed by atoms with Crippen LogP contribution in [0.3, 0.4) is 0 Å². The van der Waals surface area contributed by atoms with Crippen molar-refractivity contribution in [3.05, 3.63) is 30.1 Å². The van der Waals surface area contributed by atoms with Gasteiger partial charge in [0.15, 0.2) is 0 Å². The second-order valence-electron chi connectivity index (χ2n) is 3.48. The molecule has 2 heterocycles. The lowest BCUT2D eigenvalue weighted by atomic mass is 10.3. The molecule has 0 aliphatic carbocycles. The molecule has 3 heteroatoms. The highest BCUT2D eigenvalue weighted by molar-refractivity contribution is 5.74. The van der Waals surface area contributed by atoms with Gasteiger partial charge in [-0.15, -0.1) is 0 Å². The Kier molecular flexibility index (Phi) is 1.40. The number of hydrogen-bond acceptors (Lipinski definition) is 2. The molecule has 1 aromatic heterocycles. The Morgan fingerprint density at radius 1 is 1.31 bits per heavy atom. The number of aromatic amines is 1. The van der Waals surface area contributed by atoms with Crippen LogP contribution in [0.2, 0.25) is 0 Å². The molecule has 3 rings (SSSR count). The molecule has 0 atom stereocenters. The van der Waals surface area contributed by atoms with Gasteiger partial charge in [0.2, 0.25) is 0 Å². The normalized spacial score (nSPS) is 16.6. The highest BCUT2D eigenvalue weighted by Gasteiger charge is 2.18. The molecule has 0 saturated carbocycles. The van der Waals surface area contributed by atoms with Gasteiger partial charge >= 0.3 is 0 Å². The maximum absolute atomic E-state index is 4.50. The Morgan fingerprint density at radius 3 is 2.92 bits per heavy atom. The number of para-hydroxylation sites is 2. The van der Waals surface area contributed by atoms with Crippen LogP contribution in [-0.2, 0) is 6.54 Å². The number of nitrogens with one attached hydrogen (secondary N) is 1. The summed E-state index contributed by atoms with van der Waals surface area (Å²) in [6.45, 7) is 3.41. The van der Waals surface area contributed by atoms with Gasteiger partial charge in [0.05, 0.1) is 17.6 Å². The van der Waals surface area contributed by atoms with Gasteiger partial charge in [0.1, 0.15) is 5.82 Å². The lowest BCUT2D eigenvalue weighted by Gasteiger charge is -1.93. The van der Waals surface area contributed by atoms with Crippen molar-refractivity contribution in [1.82, 2.24) is 14.9 Å². The van der Waals surface area contributed by atoms with Crippen molar-refractivity contribution in [3.63, 3.8) is 0 Å². The smallest absolute Gasteiger partial charge is 0.121 e. The van der Waals surface area contributed by atoms with Crippen LogP contribution in [0.25, 0.3) is 11.0 Å². The van der Waals surface area contributed by atoms with Gasteiger partial charge in [-0.25, -0.2) is 4.98 Å². The minimum atomic E-state index is 0.967. The highest BCUT2D eigenvalue weighted by Crippen LogP contribution is 2.14. The predicted octanol–water partition coefficient (Wildman–Crippen LogP) is 1.38. The van der Waals surface area contributed by atoms with Gasteiger partial charge in [0.25, 0.3) is 0 Å². The van der Waals surface area contributed by atoms with Gasteiger partial charge < -0.3 is 4.98 Å². The number of fused-ring (bicyclic) bond motifs is 1. The Morgan fingerprint density at radius 2 is 2.15 bits per heavy atom. The summed E-state index contributed by atoms with van der Waals surface area (Å²) < 4.78 is 0. The number of H-pyrrole nitrogens is 1. The molecule has 66 valence electrons. The van der Waals surface area contributed by atoms with E-state index in [0.717, 1.165) is 23.4 Å². The van der Waals surface area contributed by atoms with Gasteiger partial charge in [-0.1, -0.05) is 12.1 Å². The first-order valence-electron chi connectivity index (χ1n) is 4.58. The number of rotatable bonds is 2. The summed E-state index contributed by atoms with van der Waals surface area (Å²) >= 11 is 0. The highest BCUT2D eigenvalue weighted by atomic mass is 15.3. The van der Waals surface area contributed by atoms with E-state index in [0.29, 0.717) is 0 Å². The Hall–Kier alpha value is -1.35. The summed E-state index contributed by atoms with van der Waals surface area (Å²) in [7, 11) is 0. The van der Waals surface area contributed by atoms with E-state index in [9.17, 15) is 0 Å². The van der Waals surface area contributed by atoms with Crippen molar-refractivity contribution in [1.29, 1.82) is 0 Å². The van der Waals surface area contributed by atoms with Crippen LogP contribution in [0, 0.1) is 0 Å². The third kappa shape index (κ3) is 1.31. The molecule has 0 radical (unpaired) electrons. The number of nitrogens with zero attached hydrogens (tertiary/aromatic N) is 2. The molecule has 1 saturated heterocycles. The minimum Gasteiger partial charge on any atom is -0.341 e. The summed E-state index contributed by atoms with van der Waals surface area (Å²) in [5.41, 5.74) is 2.21. The average molecular weight is 173 g/mol. The molecule has 1 aliphatic rings. The van der Waals surface area contributed by atoms with E-state index in [1.165, 1.54) is 13.1 Å². The van der Waals surface area contributed by atoms with E-state index in [2.05, 4.69) is 20.9 Å². The van der Waals surface area contributed by atoms with Crippen LogP contribution in [0.4, 0.5) is 0 Å². The molecule has 3 nitrogen and oxygen atoms in total. The number of benzene rings is 1. The van der Waals surface area contributed by atoms with Crippen LogP contribution in [0.1, 0.15) is 5.82 Å². The van der Waals surface area contributed by atoms with E-state index in [-0.39, 0.29) is 0 Å². The fraction of sp³-hybridized carbons (Fsp3) is 0.300. The fourth-order valence-corrected chi connectivity index (χ4v) is 1.52. The summed E-state index contributed by atoms with van der Waals surface area (Å²) in [4.78, 5) is 10.2. The van der Waals surface area contributed by atoms with Crippen LogP contribution in [0.5, 0.6) is 0 Å². The van der Waals surface area contributed by atoms with Crippen LogP contribution in [-0.4, -0.2) is 28.0 Å². The third-order valence-electron chi connectivity index (χ3n) is 2.35. The molecule has 0 bridgehead atoms. The van der Waals surface area contributed by atoms with E-state index < -0.39 is 0 Å². The quantitative estimate of drug-likeness (QED) is 0.696. The zero-order valence-corrected chi connectivity index (χ0v) is 7.33. The number of aromatic nitrogens is 2. The minimum absolute atomic E-state index is 0.967. The first kappa shape index (κ1) is 7.09. The number of hydrogen-bond donors (Lipinski definition) is 1. The van der Waals surface area contributed by atoms with Crippen molar-refractivity contribution >= 4 is 11.0 Å². The van der Waals surface area contributed by atoms with Crippen LogP contribution >= 0.6 is 0 Å². The maximum Gasteiger partial charge on any atom is 0.121 e. The average Bonchev–Trinajstić information content (AvgIpc) is 2.85. The monoisotopic (exact) mass is 173 g/mol. The fourth-order valence-electron chi connectivity index (χ4n) is 1.52. The molecular weight excluding hydrogens is 162 g/mol. The van der Waals surface area contributed by atoms with E-state index in [1.807, 2.05) is 18.2 Å². The summed E-state index contributed by atoms with van der Waals surface area (Å²) in [6, 6.07) is 8.15. The SMILES string of the molecule is c1ccc2[nH]c(CN3CC3)nc2c1. The molecule has 0 unspecified atom stereocenters. The van der Waals surface area contributed by atoms with Crippen molar-refractivity contribution in [3.8, 4) is 0 Å². The van der Waals surface area contributed by atoms with Gasteiger partial charge in [-0.05, 0) is 12.1 Å². The molecule has 1 aliphatic heterocycles. The molecule has 0 amide bonds. The van der Waals surface area contributed by atoms with E-state index in [4.69, 9.17) is 0 Å². The zero-order chi connectivity index (χ0) is 8.67. The van der Waals surface area contributed by atoms with Crippen molar-refractivity contribution in [2.75, 3.05) is 13.1 Å². The maximum atomic E-state index is 4.50. The first-order chi connectivity index (χ1) is 6.42. The molecule has 1 N–H and O–H groups in total. The number of imidazole rings is 1. The molecule has 2 aromatic rings. The topological polar surface area (TPSA) is 31.7 Å². The lowest BCUT2D eigenvalue weighted by Crippen LogP contribution is -1.98. The van der Waals surface area contributed by atoms with E-state index in [1.54, 1.807) is 0 Å². The molecular formula is C10H11N3. The Labute approximate surface area is 76.4 Å². The van der Waals surface area contributed by atoms with E-state index >= 15 is 0 Å². The predicted molar refractivity (Wildman–Crippen MR) is 51.4 cm³/mol. The molecule has 13 heavy (non-hydrogen) atoms. The Bertz CT molecular complexity index is 395. The third-order valence-corrected chi connectivity index (χ3v) is 2.35. The van der Waals surface area contributed by atoms with Gasteiger partial charge in [-0.2, -0.15) is 0 Å². The van der Waals surface area contributed by atoms with Crippen LogP contribution < -0.4 is 0 Å². The standard InChI is InChI=1S/C10H11N3/c1-2-4-9-8(3-1)11-10(12-9)7-13-5-6-13/h1-4H,5-7H2,(H,11,12). The Balaban J connectivity index is 2.00. The van der Waals surface area contributed by atoms with Crippen LogP contribution in [0.15, 0.2) is 24.3 Å². The molecule has 0 spiro atoms. The molecule has 1 aromatic carbocycles. The summed E-state index contributed by atoms with van der Waals surface area (Å²) in [5.74, 6) is 1.08. The van der Waals surface area contributed by atoms with Gasteiger partial charge in [-0.3, -0.25) is 4.90 Å². The summed E-state index contributed by atoms with van der Waals surface area (Å²) in [6.07, 6.45) is 0. The van der Waals surface area contributed by atoms with Gasteiger partial charge in [0, 0.05) is 13.1 Å². The summed E-state index contributed by atoms with van der Waals surface area (Å²) in [5, 5.41) is 0. The van der Waals surface area contributed by atoms with Crippen molar-refractivity contribution < 1.29 is 0 Å². The first-order valence-corrected chi connectivity index (χ1v) is 4.58. The zero-order valence-electron chi connectivity index (χ0n) is 7.33.